The van der Waals surface area contributed by atoms with Crippen LogP contribution in [0.2, 0.25) is 0 Å². The first-order valence-electron chi connectivity index (χ1n) is 8.60. The first-order valence-corrected chi connectivity index (χ1v) is 8.60. The van der Waals surface area contributed by atoms with Crippen molar-refractivity contribution in [3.8, 4) is 11.8 Å². The Kier molecular flexibility index (Phi) is 5.29. The number of nitrogens with zero attached hydrogens (tertiary/aromatic N) is 2. The third-order valence-corrected chi connectivity index (χ3v) is 4.89. The molecule has 0 bridgehead atoms. The Morgan fingerprint density at radius 3 is 2.48 bits per heavy atom. The van der Waals surface area contributed by atoms with Gasteiger partial charge in [-0.15, -0.1) is 0 Å². The Labute approximate surface area is 129 Å². The molecule has 2 heterocycles. The van der Waals surface area contributed by atoms with Crippen molar-refractivity contribution >= 4 is 0 Å². The van der Waals surface area contributed by atoms with E-state index in [1.54, 1.807) is 0 Å². The zero-order valence-electron chi connectivity index (χ0n) is 12.9. The first kappa shape index (κ1) is 14.6. The fourth-order valence-corrected chi connectivity index (χ4v) is 3.74. The average molecular weight is 282 g/mol. The Balaban J connectivity index is 1.76. The van der Waals surface area contributed by atoms with Crippen LogP contribution in [0.15, 0.2) is 24.4 Å². The zero-order chi connectivity index (χ0) is 14.3. The van der Waals surface area contributed by atoms with Crippen molar-refractivity contribution in [2.75, 3.05) is 13.1 Å². The van der Waals surface area contributed by atoms with Crippen LogP contribution in [-0.4, -0.2) is 29.0 Å². The van der Waals surface area contributed by atoms with Gasteiger partial charge in [0.2, 0.25) is 0 Å². The molecule has 2 heteroatoms. The summed E-state index contributed by atoms with van der Waals surface area (Å²) in [4.78, 5) is 7.00. The van der Waals surface area contributed by atoms with E-state index in [0.717, 1.165) is 11.6 Å². The summed E-state index contributed by atoms with van der Waals surface area (Å²) >= 11 is 0. The molecule has 1 aromatic rings. The molecule has 21 heavy (non-hydrogen) atoms. The maximum absolute atomic E-state index is 4.35. The minimum Gasteiger partial charge on any atom is -0.290 e. The topological polar surface area (TPSA) is 16.1 Å². The van der Waals surface area contributed by atoms with Gasteiger partial charge in [0.25, 0.3) is 0 Å². The maximum Gasteiger partial charge on any atom is 0.113 e. The predicted octanol–water partition coefficient (Wildman–Crippen LogP) is 3.87. The van der Waals surface area contributed by atoms with Gasteiger partial charge in [-0.25, -0.2) is 4.98 Å². The molecule has 1 aromatic heterocycles. The van der Waals surface area contributed by atoms with Crippen LogP contribution >= 0.6 is 0 Å². The lowest BCUT2D eigenvalue weighted by molar-refractivity contribution is 0.133. The Bertz CT molecular complexity index is 455. The second-order valence-corrected chi connectivity index (χ2v) is 6.42. The minimum absolute atomic E-state index is 0.451. The molecular weight excluding hydrogens is 256 g/mol. The van der Waals surface area contributed by atoms with Crippen molar-refractivity contribution in [2.24, 2.45) is 5.92 Å². The van der Waals surface area contributed by atoms with Crippen molar-refractivity contribution < 1.29 is 0 Å². The fraction of sp³-hybridized carbons (Fsp3) is 0.632. The number of likely N-dealkylation sites (tertiary alicyclic amines) is 1. The normalized spacial score (nSPS) is 22.3. The quantitative estimate of drug-likeness (QED) is 0.766. The molecule has 2 fully saturated rings. The highest BCUT2D eigenvalue weighted by Gasteiger charge is 2.28. The van der Waals surface area contributed by atoms with Gasteiger partial charge in [-0.1, -0.05) is 37.7 Å². The standard InChI is InChI=1S/C19H26N2/c1-3-9-17(10-4-1)19(21-15-7-2-8-16-21)13-12-18-11-5-6-14-20-18/h5-6,11,14,17,19H,1-4,7-10,15-16H2/t19-/m1/s1. The van der Waals surface area contributed by atoms with Crippen molar-refractivity contribution in [3.05, 3.63) is 30.1 Å². The van der Waals surface area contributed by atoms with Gasteiger partial charge >= 0.3 is 0 Å². The molecule has 1 aliphatic carbocycles. The molecule has 1 aliphatic heterocycles. The molecule has 2 nitrogen and oxygen atoms in total. The van der Waals surface area contributed by atoms with Crippen molar-refractivity contribution in [3.63, 3.8) is 0 Å². The van der Waals surface area contributed by atoms with Gasteiger partial charge in [0.15, 0.2) is 0 Å². The van der Waals surface area contributed by atoms with Crippen LogP contribution < -0.4 is 0 Å². The van der Waals surface area contributed by atoms with E-state index in [-0.39, 0.29) is 0 Å². The molecule has 0 radical (unpaired) electrons. The van der Waals surface area contributed by atoms with Crippen LogP contribution in [0, 0.1) is 17.8 Å². The van der Waals surface area contributed by atoms with Crippen LogP contribution in [0.25, 0.3) is 0 Å². The van der Waals surface area contributed by atoms with E-state index in [4.69, 9.17) is 0 Å². The van der Waals surface area contributed by atoms with Crippen LogP contribution in [0.1, 0.15) is 57.1 Å². The molecule has 0 N–H and O–H groups in total. The average Bonchev–Trinajstić information content (AvgIpc) is 2.58. The van der Waals surface area contributed by atoms with Crippen LogP contribution in [0.4, 0.5) is 0 Å². The summed E-state index contributed by atoms with van der Waals surface area (Å²) in [6.07, 6.45) is 12.8. The van der Waals surface area contributed by atoms with Crippen LogP contribution in [0.3, 0.4) is 0 Å². The highest BCUT2D eigenvalue weighted by atomic mass is 15.2. The van der Waals surface area contributed by atoms with Gasteiger partial charge in [-0.3, -0.25) is 4.90 Å². The molecule has 3 rings (SSSR count). The van der Waals surface area contributed by atoms with E-state index in [9.17, 15) is 0 Å². The van der Waals surface area contributed by atoms with Gasteiger partial charge in [0.05, 0.1) is 6.04 Å². The number of rotatable bonds is 2. The van der Waals surface area contributed by atoms with E-state index < -0.39 is 0 Å². The summed E-state index contributed by atoms with van der Waals surface area (Å²) < 4.78 is 0. The molecule has 1 atom stereocenters. The Morgan fingerprint density at radius 2 is 1.76 bits per heavy atom. The Morgan fingerprint density at radius 1 is 1.00 bits per heavy atom. The molecule has 0 spiro atoms. The summed E-state index contributed by atoms with van der Waals surface area (Å²) in [5, 5.41) is 0. The van der Waals surface area contributed by atoms with Crippen LogP contribution in [0.5, 0.6) is 0 Å². The van der Waals surface area contributed by atoms with E-state index in [2.05, 4.69) is 21.7 Å². The smallest absolute Gasteiger partial charge is 0.113 e. The van der Waals surface area contributed by atoms with Gasteiger partial charge in [-0.05, 0) is 62.7 Å². The van der Waals surface area contributed by atoms with E-state index in [1.165, 1.54) is 64.5 Å². The predicted molar refractivity (Wildman–Crippen MR) is 86.9 cm³/mol. The number of hydrogen-bond acceptors (Lipinski definition) is 2. The summed E-state index contributed by atoms with van der Waals surface area (Å²) in [6, 6.07) is 6.44. The van der Waals surface area contributed by atoms with E-state index in [1.807, 2.05) is 24.4 Å². The van der Waals surface area contributed by atoms with Gasteiger partial charge < -0.3 is 0 Å². The molecular formula is C19H26N2. The molecule has 0 aromatic carbocycles. The fourth-order valence-electron chi connectivity index (χ4n) is 3.74. The number of aromatic nitrogens is 1. The first-order chi connectivity index (χ1) is 10.4. The molecule has 1 saturated heterocycles. The maximum atomic E-state index is 4.35. The lowest BCUT2D eigenvalue weighted by Gasteiger charge is -2.37. The second kappa shape index (κ2) is 7.61. The number of hydrogen-bond donors (Lipinski definition) is 0. The molecule has 112 valence electrons. The lowest BCUT2D eigenvalue weighted by Crippen LogP contribution is -2.43. The molecule has 0 amide bonds. The second-order valence-electron chi connectivity index (χ2n) is 6.42. The highest BCUT2D eigenvalue weighted by molar-refractivity contribution is 5.29. The summed E-state index contributed by atoms with van der Waals surface area (Å²) in [7, 11) is 0. The van der Waals surface area contributed by atoms with Crippen molar-refractivity contribution in [1.29, 1.82) is 0 Å². The molecule has 2 aliphatic rings. The summed E-state index contributed by atoms with van der Waals surface area (Å²) in [5.74, 6) is 7.70. The van der Waals surface area contributed by atoms with E-state index in [0.29, 0.717) is 6.04 Å². The number of piperidine rings is 1. The SMILES string of the molecule is C(#C[C@H](C1CCCCC1)N1CCCCC1)c1ccccn1. The molecule has 1 saturated carbocycles. The Hall–Kier alpha value is -1.33. The molecule has 0 unspecified atom stereocenters. The van der Waals surface area contributed by atoms with Crippen molar-refractivity contribution in [2.45, 2.75) is 57.4 Å². The van der Waals surface area contributed by atoms with Crippen LogP contribution in [-0.2, 0) is 0 Å². The number of pyridine rings is 1. The summed E-state index contributed by atoms with van der Waals surface area (Å²) in [5.41, 5.74) is 0.912. The van der Waals surface area contributed by atoms with Crippen molar-refractivity contribution in [1.82, 2.24) is 9.88 Å². The lowest BCUT2D eigenvalue weighted by atomic mass is 9.83. The highest BCUT2D eigenvalue weighted by Crippen LogP contribution is 2.30. The van der Waals surface area contributed by atoms with E-state index >= 15 is 0 Å². The summed E-state index contributed by atoms with van der Waals surface area (Å²) in [6.45, 7) is 2.47. The monoisotopic (exact) mass is 282 g/mol. The third-order valence-electron chi connectivity index (χ3n) is 4.89. The van der Waals surface area contributed by atoms with Gasteiger partial charge in [0, 0.05) is 6.20 Å². The third kappa shape index (κ3) is 4.08. The zero-order valence-corrected chi connectivity index (χ0v) is 12.9. The van der Waals surface area contributed by atoms with Gasteiger partial charge in [0.1, 0.15) is 5.69 Å². The minimum atomic E-state index is 0.451. The van der Waals surface area contributed by atoms with Gasteiger partial charge in [-0.2, -0.15) is 0 Å². The largest absolute Gasteiger partial charge is 0.290 e.